The fraction of sp³-hybridized carbons (Fsp3) is 0.350. The number of hydrogen-bond acceptors (Lipinski definition) is 3. The number of sulfonamides is 1. The topological polar surface area (TPSA) is 75.3 Å². The van der Waals surface area contributed by atoms with Crippen LogP contribution in [0, 0.1) is 13.8 Å². The van der Waals surface area contributed by atoms with Crippen LogP contribution >= 0.6 is 0 Å². The average molecular weight is 375 g/mol. The van der Waals surface area contributed by atoms with Crippen molar-refractivity contribution in [1.82, 2.24) is 10.0 Å². The van der Waals surface area contributed by atoms with E-state index < -0.39 is 10.0 Å². The van der Waals surface area contributed by atoms with Crippen molar-refractivity contribution in [2.45, 2.75) is 44.6 Å². The largest absolute Gasteiger partial charge is 0.350 e. The molecule has 2 N–H and O–H groups in total. The van der Waals surface area contributed by atoms with E-state index in [1.807, 2.05) is 51.1 Å². The highest BCUT2D eigenvalue weighted by Crippen LogP contribution is 2.15. The lowest BCUT2D eigenvalue weighted by molar-refractivity contribution is -0.121. The number of carbonyl (C=O) groups excluding carboxylic acids is 1. The Morgan fingerprint density at radius 1 is 1.04 bits per heavy atom. The molecule has 2 aromatic carbocycles. The maximum Gasteiger partial charge on any atom is 0.240 e. The van der Waals surface area contributed by atoms with Gasteiger partial charge in [-0.15, -0.1) is 0 Å². The molecule has 0 saturated carbocycles. The highest BCUT2D eigenvalue weighted by molar-refractivity contribution is 7.89. The lowest BCUT2D eigenvalue weighted by Gasteiger charge is -2.14. The molecular weight excluding hydrogens is 348 g/mol. The van der Waals surface area contributed by atoms with E-state index >= 15 is 0 Å². The first-order valence-electron chi connectivity index (χ1n) is 8.71. The minimum atomic E-state index is -3.55. The van der Waals surface area contributed by atoms with Crippen LogP contribution in [0.5, 0.6) is 0 Å². The fourth-order valence-electron chi connectivity index (χ4n) is 2.56. The van der Waals surface area contributed by atoms with Gasteiger partial charge in [0.2, 0.25) is 15.9 Å². The van der Waals surface area contributed by atoms with Gasteiger partial charge in [-0.3, -0.25) is 4.79 Å². The van der Waals surface area contributed by atoms with Gasteiger partial charge in [0.1, 0.15) is 0 Å². The first-order valence-corrected chi connectivity index (χ1v) is 10.2. The molecule has 0 bridgehead atoms. The molecule has 0 saturated heterocycles. The molecule has 0 radical (unpaired) electrons. The Labute approximate surface area is 155 Å². The van der Waals surface area contributed by atoms with E-state index in [1.165, 1.54) is 0 Å². The van der Waals surface area contributed by atoms with E-state index in [1.54, 1.807) is 18.2 Å². The van der Waals surface area contributed by atoms with Crippen LogP contribution in [0.2, 0.25) is 0 Å². The molecule has 0 aliphatic rings. The van der Waals surface area contributed by atoms with Crippen LogP contribution in [0.1, 0.15) is 42.5 Å². The minimum absolute atomic E-state index is 0.0732. The van der Waals surface area contributed by atoms with Crippen LogP contribution in [0.25, 0.3) is 0 Å². The lowest BCUT2D eigenvalue weighted by atomic mass is 10.1. The molecule has 0 unspecified atom stereocenters. The van der Waals surface area contributed by atoms with E-state index in [-0.39, 0.29) is 29.8 Å². The molecule has 0 aliphatic heterocycles. The summed E-state index contributed by atoms with van der Waals surface area (Å²) >= 11 is 0. The highest BCUT2D eigenvalue weighted by Gasteiger charge is 2.14. The second-order valence-corrected chi connectivity index (χ2v) is 8.21. The quantitative estimate of drug-likeness (QED) is 0.697. The summed E-state index contributed by atoms with van der Waals surface area (Å²) < 4.78 is 27.1. The van der Waals surface area contributed by atoms with E-state index in [0.29, 0.717) is 6.42 Å². The molecule has 26 heavy (non-hydrogen) atoms. The lowest BCUT2D eigenvalue weighted by Crippen LogP contribution is -2.29. The zero-order valence-electron chi connectivity index (χ0n) is 15.5. The number of amides is 1. The zero-order chi connectivity index (χ0) is 19.2. The van der Waals surface area contributed by atoms with Gasteiger partial charge in [0.05, 0.1) is 10.9 Å². The standard InChI is InChI=1S/C20H26N2O3S/c1-15-11-12-19(14-16(15)2)26(24,25)21-13-7-10-20(23)22-17(3)18-8-5-4-6-9-18/h4-6,8-9,11-12,14,17,21H,7,10,13H2,1-3H3,(H,22,23)/t17-/m1/s1. The molecule has 0 heterocycles. The van der Waals surface area contributed by atoms with Crippen molar-refractivity contribution < 1.29 is 13.2 Å². The van der Waals surface area contributed by atoms with Crippen molar-refractivity contribution in [1.29, 1.82) is 0 Å². The summed E-state index contributed by atoms with van der Waals surface area (Å²) in [5.74, 6) is -0.0910. The van der Waals surface area contributed by atoms with Gasteiger partial charge in [-0.1, -0.05) is 36.4 Å². The Morgan fingerprint density at radius 2 is 1.73 bits per heavy atom. The van der Waals surface area contributed by atoms with Crippen LogP contribution in [-0.2, 0) is 14.8 Å². The Morgan fingerprint density at radius 3 is 2.38 bits per heavy atom. The molecule has 0 aromatic heterocycles. The summed E-state index contributed by atoms with van der Waals surface area (Å²) in [6.45, 7) is 5.97. The number of benzene rings is 2. The number of rotatable bonds is 8. The van der Waals surface area contributed by atoms with Crippen molar-refractivity contribution in [2.24, 2.45) is 0 Å². The molecule has 140 valence electrons. The minimum Gasteiger partial charge on any atom is -0.350 e. The van der Waals surface area contributed by atoms with Crippen molar-refractivity contribution in [2.75, 3.05) is 6.54 Å². The fourth-order valence-corrected chi connectivity index (χ4v) is 3.72. The third kappa shape index (κ3) is 5.68. The van der Waals surface area contributed by atoms with Gasteiger partial charge in [-0.25, -0.2) is 13.1 Å². The Bertz CT molecular complexity index is 849. The number of carbonyl (C=O) groups is 1. The molecule has 1 atom stereocenters. The molecule has 6 heteroatoms. The van der Waals surface area contributed by atoms with Gasteiger partial charge in [-0.05, 0) is 56.0 Å². The van der Waals surface area contributed by atoms with E-state index in [9.17, 15) is 13.2 Å². The summed E-state index contributed by atoms with van der Waals surface area (Å²) in [6.07, 6.45) is 0.712. The van der Waals surface area contributed by atoms with Crippen LogP contribution in [0.4, 0.5) is 0 Å². The summed E-state index contributed by atoms with van der Waals surface area (Å²) in [7, 11) is -3.55. The monoisotopic (exact) mass is 374 g/mol. The number of nitrogens with one attached hydrogen (secondary N) is 2. The molecule has 2 rings (SSSR count). The van der Waals surface area contributed by atoms with Crippen LogP contribution in [0.15, 0.2) is 53.4 Å². The summed E-state index contributed by atoms with van der Waals surface area (Å²) in [5.41, 5.74) is 3.02. The van der Waals surface area contributed by atoms with Crippen LogP contribution in [-0.4, -0.2) is 20.9 Å². The third-order valence-corrected chi connectivity index (χ3v) is 5.80. The second-order valence-electron chi connectivity index (χ2n) is 6.45. The Balaban J connectivity index is 1.78. The molecule has 0 fully saturated rings. The summed E-state index contributed by atoms with van der Waals surface area (Å²) in [5, 5.41) is 2.92. The van der Waals surface area contributed by atoms with Crippen LogP contribution in [0.3, 0.4) is 0 Å². The summed E-state index contributed by atoms with van der Waals surface area (Å²) in [6, 6.07) is 14.7. The van der Waals surface area contributed by atoms with E-state index in [0.717, 1.165) is 16.7 Å². The van der Waals surface area contributed by atoms with Gasteiger partial charge in [0, 0.05) is 13.0 Å². The average Bonchev–Trinajstić information content (AvgIpc) is 2.61. The normalized spacial score (nSPS) is 12.6. The van der Waals surface area contributed by atoms with E-state index in [4.69, 9.17) is 0 Å². The predicted molar refractivity (Wildman–Crippen MR) is 103 cm³/mol. The summed E-state index contributed by atoms with van der Waals surface area (Å²) in [4.78, 5) is 12.3. The van der Waals surface area contributed by atoms with Crippen molar-refractivity contribution in [3.63, 3.8) is 0 Å². The molecule has 2 aromatic rings. The second kappa shape index (κ2) is 8.96. The van der Waals surface area contributed by atoms with Gasteiger partial charge >= 0.3 is 0 Å². The van der Waals surface area contributed by atoms with Gasteiger partial charge in [0.25, 0.3) is 0 Å². The predicted octanol–water partition coefficient (Wildman–Crippen LogP) is 3.24. The maximum absolute atomic E-state index is 12.3. The molecular formula is C20H26N2O3S. The Kier molecular flexibility index (Phi) is 6.94. The molecule has 0 spiro atoms. The van der Waals surface area contributed by atoms with Crippen molar-refractivity contribution in [3.05, 3.63) is 65.2 Å². The zero-order valence-corrected chi connectivity index (χ0v) is 16.3. The molecule has 1 amide bonds. The SMILES string of the molecule is Cc1ccc(S(=O)(=O)NCCCC(=O)N[C@H](C)c2ccccc2)cc1C. The smallest absolute Gasteiger partial charge is 0.240 e. The molecule has 5 nitrogen and oxygen atoms in total. The van der Waals surface area contributed by atoms with Crippen LogP contribution < -0.4 is 10.0 Å². The third-order valence-electron chi connectivity index (χ3n) is 4.34. The highest BCUT2D eigenvalue weighted by atomic mass is 32.2. The Hall–Kier alpha value is -2.18. The van der Waals surface area contributed by atoms with Crippen molar-refractivity contribution >= 4 is 15.9 Å². The molecule has 0 aliphatic carbocycles. The number of hydrogen-bond donors (Lipinski definition) is 2. The first-order chi connectivity index (χ1) is 12.3. The van der Waals surface area contributed by atoms with Gasteiger partial charge in [0.15, 0.2) is 0 Å². The van der Waals surface area contributed by atoms with Gasteiger partial charge < -0.3 is 5.32 Å². The van der Waals surface area contributed by atoms with Crippen molar-refractivity contribution in [3.8, 4) is 0 Å². The van der Waals surface area contributed by atoms with E-state index in [2.05, 4.69) is 10.0 Å². The number of aryl methyl sites for hydroxylation is 2. The maximum atomic E-state index is 12.3. The van der Waals surface area contributed by atoms with Gasteiger partial charge in [-0.2, -0.15) is 0 Å². The first kappa shape index (κ1) is 20.1.